The SMILES string of the molecule is CCOC(=O)c1c(NC(=O)CS(=O)(=O)CC(=O)N=c2sc3cc(C)ccc3n2C)sc2c1CCC(C)C2. The minimum atomic E-state index is -4.10. The second-order valence-corrected chi connectivity index (χ2v) is 13.5. The van der Waals surface area contributed by atoms with Crippen LogP contribution in [0.5, 0.6) is 0 Å². The highest BCUT2D eigenvalue weighted by atomic mass is 32.2. The number of nitrogens with zero attached hydrogens (tertiary/aromatic N) is 2. The van der Waals surface area contributed by atoms with E-state index >= 15 is 0 Å². The van der Waals surface area contributed by atoms with E-state index in [-0.39, 0.29) is 6.61 Å². The first kappa shape index (κ1) is 27.2. The van der Waals surface area contributed by atoms with Crippen LogP contribution < -0.4 is 10.1 Å². The molecule has 37 heavy (non-hydrogen) atoms. The van der Waals surface area contributed by atoms with E-state index in [1.54, 1.807) is 18.5 Å². The average Bonchev–Trinajstić information content (AvgIpc) is 3.28. The van der Waals surface area contributed by atoms with Crippen LogP contribution in [-0.2, 0) is 44.1 Å². The van der Waals surface area contributed by atoms with Gasteiger partial charge in [-0.3, -0.25) is 9.59 Å². The standard InChI is InChI=1S/C25H29N3O6S3/c1-5-34-24(31)22-16-8-6-14(2)10-18(16)35-23(22)26-20(29)12-37(32,33)13-21(30)27-25-28(4)17-9-7-15(3)11-19(17)36-25/h7,9,11,14H,5-6,8,10,12-13H2,1-4H3,(H,26,29). The molecular weight excluding hydrogens is 534 g/mol. The van der Waals surface area contributed by atoms with Gasteiger partial charge < -0.3 is 14.6 Å². The number of ether oxygens (including phenoxy) is 1. The molecule has 0 saturated heterocycles. The summed E-state index contributed by atoms with van der Waals surface area (Å²) in [4.78, 5) is 43.2. The van der Waals surface area contributed by atoms with E-state index in [4.69, 9.17) is 4.74 Å². The van der Waals surface area contributed by atoms with Gasteiger partial charge in [-0.25, -0.2) is 13.2 Å². The fourth-order valence-electron chi connectivity index (χ4n) is 4.35. The van der Waals surface area contributed by atoms with Crippen molar-refractivity contribution >= 4 is 65.5 Å². The maximum atomic E-state index is 12.7. The summed E-state index contributed by atoms with van der Waals surface area (Å²) in [7, 11) is -2.34. The van der Waals surface area contributed by atoms with Crippen LogP contribution in [-0.4, -0.2) is 48.9 Å². The van der Waals surface area contributed by atoms with E-state index in [1.807, 2.05) is 25.1 Å². The first-order chi connectivity index (χ1) is 17.5. The number of carbonyl (C=O) groups is 3. The fourth-order valence-corrected chi connectivity index (χ4v) is 7.91. The number of anilines is 1. The summed E-state index contributed by atoms with van der Waals surface area (Å²) in [5, 5.41) is 2.88. The molecular formula is C25H29N3O6S3. The summed E-state index contributed by atoms with van der Waals surface area (Å²) in [6.45, 7) is 5.97. The number of fused-ring (bicyclic) bond motifs is 2. The van der Waals surface area contributed by atoms with Crippen LogP contribution in [0.2, 0.25) is 0 Å². The molecule has 1 aliphatic carbocycles. The molecule has 4 rings (SSSR count). The quantitative estimate of drug-likeness (QED) is 0.440. The van der Waals surface area contributed by atoms with Gasteiger partial charge in [0.2, 0.25) is 5.91 Å². The number of nitrogens with one attached hydrogen (secondary N) is 1. The van der Waals surface area contributed by atoms with Crippen molar-refractivity contribution in [2.75, 3.05) is 23.4 Å². The zero-order valence-electron chi connectivity index (χ0n) is 21.1. The van der Waals surface area contributed by atoms with Crippen LogP contribution >= 0.6 is 22.7 Å². The number of carbonyl (C=O) groups excluding carboxylic acids is 3. The number of aryl methyl sites for hydroxylation is 2. The van der Waals surface area contributed by atoms with E-state index in [0.29, 0.717) is 27.7 Å². The summed E-state index contributed by atoms with van der Waals surface area (Å²) in [5.74, 6) is -3.53. The Morgan fingerprint density at radius 3 is 2.70 bits per heavy atom. The van der Waals surface area contributed by atoms with Crippen molar-refractivity contribution in [3.05, 3.63) is 44.6 Å². The highest BCUT2D eigenvalue weighted by molar-refractivity contribution is 7.92. The number of amides is 2. The topological polar surface area (TPSA) is 124 Å². The molecule has 1 atom stereocenters. The third-order valence-electron chi connectivity index (χ3n) is 6.12. The molecule has 12 heteroatoms. The molecule has 2 aromatic heterocycles. The third-order valence-corrected chi connectivity index (χ3v) is 9.78. The first-order valence-corrected chi connectivity index (χ1v) is 15.4. The van der Waals surface area contributed by atoms with Gasteiger partial charge in [0.05, 0.1) is 22.4 Å². The van der Waals surface area contributed by atoms with Crippen molar-refractivity contribution in [1.82, 2.24) is 4.57 Å². The zero-order valence-corrected chi connectivity index (χ0v) is 23.6. The number of thiophene rings is 1. The van der Waals surface area contributed by atoms with Crippen molar-refractivity contribution in [3.63, 3.8) is 0 Å². The number of benzene rings is 1. The lowest BCUT2D eigenvalue weighted by molar-refractivity contribution is -0.115. The van der Waals surface area contributed by atoms with Gasteiger partial charge in [-0.05, 0) is 62.3 Å². The van der Waals surface area contributed by atoms with E-state index in [9.17, 15) is 22.8 Å². The Labute approximate surface area is 223 Å². The Kier molecular flexibility index (Phi) is 8.00. The molecule has 0 fully saturated rings. The van der Waals surface area contributed by atoms with Crippen molar-refractivity contribution in [3.8, 4) is 0 Å². The number of rotatable bonds is 7. The number of sulfone groups is 1. The minimum absolute atomic E-state index is 0.185. The largest absolute Gasteiger partial charge is 0.462 e. The molecule has 2 amide bonds. The van der Waals surface area contributed by atoms with Gasteiger partial charge in [0.15, 0.2) is 14.6 Å². The maximum absolute atomic E-state index is 12.7. The molecule has 1 unspecified atom stereocenters. The predicted molar refractivity (Wildman–Crippen MR) is 145 cm³/mol. The van der Waals surface area contributed by atoms with Gasteiger partial charge in [0.25, 0.3) is 5.91 Å². The molecule has 9 nitrogen and oxygen atoms in total. The van der Waals surface area contributed by atoms with E-state index < -0.39 is 39.1 Å². The van der Waals surface area contributed by atoms with Crippen LogP contribution in [0, 0.1) is 12.8 Å². The van der Waals surface area contributed by atoms with Gasteiger partial charge in [-0.2, -0.15) is 4.99 Å². The van der Waals surface area contributed by atoms with E-state index in [2.05, 4.69) is 17.2 Å². The summed E-state index contributed by atoms with van der Waals surface area (Å²) >= 11 is 2.57. The molecule has 0 bridgehead atoms. The van der Waals surface area contributed by atoms with E-state index in [0.717, 1.165) is 39.1 Å². The summed E-state index contributed by atoms with van der Waals surface area (Å²) in [5.41, 5.74) is 3.11. The number of aromatic nitrogens is 1. The first-order valence-electron chi connectivity index (χ1n) is 11.9. The van der Waals surface area contributed by atoms with Crippen LogP contribution in [0.3, 0.4) is 0 Å². The molecule has 0 saturated carbocycles. The maximum Gasteiger partial charge on any atom is 0.341 e. The smallest absolute Gasteiger partial charge is 0.341 e. The Bertz CT molecular complexity index is 1560. The van der Waals surface area contributed by atoms with Crippen LogP contribution in [0.15, 0.2) is 23.2 Å². The molecule has 2 heterocycles. The van der Waals surface area contributed by atoms with Crippen molar-refractivity contribution < 1.29 is 27.5 Å². The van der Waals surface area contributed by atoms with Crippen LogP contribution in [0.1, 0.15) is 46.6 Å². The van der Waals surface area contributed by atoms with Crippen LogP contribution in [0.4, 0.5) is 5.00 Å². The van der Waals surface area contributed by atoms with Crippen molar-refractivity contribution in [2.24, 2.45) is 18.0 Å². The summed E-state index contributed by atoms with van der Waals surface area (Å²) in [6.07, 6.45) is 2.39. The highest BCUT2D eigenvalue weighted by Gasteiger charge is 2.30. The molecule has 198 valence electrons. The van der Waals surface area contributed by atoms with Gasteiger partial charge in [0, 0.05) is 11.9 Å². The lowest BCUT2D eigenvalue weighted by Gasteiger charge is -2.18. The van der Waals surface area contributed by atoms with Crippen LogP contribution in [0.25, 0.3) is 10.2 Å². The van der Waals surface area contributed by atoms with Crippen molar-refractivity contribution in [1.29, 1.82) is 0 Å². The van der Waals surface area contributed by atoms with Gasteiger partial charge in [-0.15, -0.1) is 11.3 Å². The third kappa shape index (κ3) is 6.19. The predicted octanol–water partition coefficient (Wildman–Crippen LogP) is 3.39. The zero-order chi connectivity index (χ0) is 26.9. The molecule has 1 aromatic carbocycles. The van der Waals surface area contributed by atoms with Gasteiger partial charge in [-0.1, -0.05) is 24.3 Å². The summed E-state index contributed by atoms with van der Waals surface area (Å²) in [6, 6.07) is 5.83. The Hall–Kier alpha value is -2.83. The second-order valence-electron chi connectivity index (χ2n) is 9.28. The van der Waals surface area contributed by atoms with Crippen molar-refractivity contribution in [2.45, 2.75) is 40.0 Å². The Balaban J connectivity index is 1.49. The minimum Gasteiger partial charge on any atom is -0.462 e. The lowest BCUT2D eigenvalue weighted by Crippen LogP contribution is -2.28. The second kappa shape index (κ2) is 10.9. The van der Waals surface area contributed by atoms with Gasteiger partial charge >= 0.3 is 5.97 Å². The molecule has 0 aliphatic heterocycles. The molecule has 3 aromatic rings. The highest BCUT2D eigenvalue weighted by Crippen LogP contribution is 2.40. The Morgan fingerprint density at radius 1 is 1.22 bits per heavy atom. The molecule has 1 aliphatic rings. The molecule has 1 N–H and O–H groups in total. The Morgan fingerprint density at radius 2 is 1.97 bits per heavy atom. The number of hydrogen-bond acceptors (Lipinski definition) is 8. The molecule has 0 radical (unpaired) electrons. The number of hydrogen-bond donors (Lipinski definition) is 1. The van der Waals surface area contributed by atoms with Gasteiger partial charge in [0.1, 0.15) is 16.5 Å². The summed E-state index contributed by atoms with van der Waals surface area (Å²) < 4.78 is 33.2. The normalized spacial score (nSPS) is 16.0. The lowest BCUT2D eigenvalue weighted by atomic mass is 9.88. The number of esters is 1. The molecule has 0 spiro atoms. The van der Waals surface area contributed by atoms with E-state index in [1.165, 1.54) is 22.7 Å². The monoisotopic (exact) mass is 563 g/mol. The average molecular weight is 564 g/mol. The fraction of sp³-hybridized carbons (Fsp3) is 0.440. The number of thiazole rings is 1.